The lowest BCUT2D eigenvalue weighted by Crippen LogP contribution is -2.63. The molecule has 0 spiro atoms. The Morgan fingerprint density at radius 2 is 2.00 bits per heavy atom. The molecule has 0 saturated carbocycles. The van der Waals surface area contributed by atoms with Gasteiger partial charge >= 0.3 is 6.09 Å². The largest absolute Gasteiger partial charge is 0.442 e. The van der Waals surface area contributed by atoms with E-state index in [1.54, 1.807) is 39.0 Å². The topological polar surface area (TPSA) is 92.3 Å². The van der Waals surface area contributed by atoms with Crippen LogP contribution in [0.2, 0.25) is 5.02 Å². The fourth-order valence-electron chi connectivity index (χ4n) is 4.52. The Bertz CT molecular complexity index is 1190. The predicted molar refractivity (Wildman–Crippen MR) is 141 cm³/mol. The molecular weight excluding hydrogens is 499 g/mol. The molecular formula is C27H32ClFN4O4. The summed E-state index contributed by atoms with van der Waals surface area (Å²) in [5, 5.41) is 6.90. The molecule has 198 valence electrons. The molecule has 2 fully saturated rings. The van der Waals surface area contributed by atoms with Crippen LogP contribution in [0.25, 0.3) is 0 Å². The van der Waals surface area contributed by atoms with Crippen LogP contribution in [0, 0.1) is 5.82 Å². The molecule has 0 aromatic heterocycles. The van der Waals surface area contributed by atoms with Crippen LogP contribution in [0.15, 0.2) is 47.5 Å². The van der Waals surface area contributed by atoms with Gasteiger partial charge in [0, 0.05) is 12.3 Å². The third-order valence-corrected chi connectivity index (χ3v) is 6.61. The number of aliphatic imine (C=N–C) groups is 1. The van der Waals surface area contributed by atoms with E-state index in [-0.39, 0.29) is 30.1 Å². The SMILES string of the molecule is CC(C)(C)OC(=O)/N=C1\N[C@](C)(c2cccc(Nc3ccc(F)cc3)c2Cl)CC(=O)N1[C@@H]1CCCOC1. The van der Waals surface area contributed by atoms with Gasteiger partial charge in [-0.15, -0.1) is 4.99 Å². The summed E-state index contributed by atoms with van der Waals surface area (Å²) in [6.45, 7) is 8.08. The Balaban J connectivity index is 1.68. The molecule has 2 aliphatic rings. The number of nitrogens with zero attached hydrogens (tertiary/aromatic N) is 2. The van der Waals surface area contributed by atoms with Gasteiger partial charge in [0.2, 0.25) is 11.9 Å². The number of guanidine groups is 1. The molecule has 2 saturated heterocycles. The first-order chi connectivity index (χ1) is 17.4. The molecule has 2 aromatic carbocycles. The van der Waals surface area contributed by atoms with Crippen molar-refractivity contribution in [2.75, 3.05) is 18.5 Å². The highest BCUT2D eigenvalue weighted by molar-refractivity contribution is 6.34. The van der Waals surface area contributed by atoms with Gasteiger partial charge in [-0.2, -0.15) is 0 Å². The molecule has 2 aromatic rings. The van der Waals surface area contributed by atoms with Crippen molar-refractivity contribution in [3.05, 3.63) is 58.9 Å². The van der Waals surface area contributed by atoms with Gasteiger partial charge in [0.1, 0.15) is 11.4 Å². The van der Waals surface area contributed by atoms with Gasteiger partial charge in [-0.1, -0.05) is 23.7 Å². The lowest BCUT2D eigenvalue weighted by molar-refractivity contribution is -0.134. The zero-order valence-corrected chi connectivity index (χ0v) is 22.2. The normalized spacial score (nSPS) is 23.5. The molecule has 0 aliphatic carbocycles. The van der Waals surface area contributed by atoms with Crippen LogP contribution < -0.4 is 10.6 Å². The molecule has 0 unspecified atom stereocenters. The molecule has 10 heteroatoms. The van der Waals surface area contributed by atoms with Crippen LogP contribution in [0.5, 0.6) is 0 Å². The number of rotatable bonds is 4. The van der Waals surface area contributed by atoms with Gasteiger partial charge in [0.25, 0.3) is 0 Å². The van der Waals surface area contributed by atoms with E-state index in [2.05, 4.69) is 15.6 Å². The van der Waals surface area contributed by atoms with Crippen LogP contribution in [0.4, 0.5) is 20.6 Å². The number of anilines is 2. The number of halogens is 2. The maximum atomic E-state index is 13.6. The molecule has 2 aliphatic heterocycles. The minimum atomic E-state index is -0.971. The van der Waals surface area contributed by atoms with Crippen molar-refractivity contribution in [1.82, 2.24) is 10.2 Å². The fraction of sp³-hybridized carbons (Fsp3) is 0.444. The van der Waals surface area contributed by atoms with Crippen molar-refractivity contribution in [1.29, 1.82) is 0 Å². The van der Waals surface area contributed by atoms with E-state index in [0.29, 0.717) is 35.2 Å². The first kappa shape index (κ1) is 26.9. The van der Waals surface area contributed by atoms with E-state index >= 15 is 0 Å². The highest BCUT2D eigenvalue weighted by atomic mass is 35.5. The van der Waals surface area contributed by atoms with E-state index in [1.165, 1.54) is 17.0 Å². The van der Waals surface area contributed by atoms with E-state index in [1.807, 2.05) is 19.1 Å². The van der Waals surface area contributed by atoms with Gasteiger partial charge < -0.3 is 20.1 Å². The van der Waals surface area contributed by atoms with E-state index < -0.39 is 17.2 Å². The van der Waals surface area contributed by atoms with E-state index in [0.717, 1.165) is 12.8 Å². The van der Waals surface area contributed by atoms with Gasteiger partial charge in [0.15, 0.2) is 0 Å². The summed E-state index contributed by atoms with van der Waals surface area (Å²) in [6.07, 6.45) is 0.812. The Morgan fingerprint density at radius 3 is 2.65 bits per heavy atom. The number of ether oxygens (including phenoxy) is 2. The highest BCUT2D eigenvalue weighted by Crippen LogP contribution is 2.39. The van der Waals surface area contributed by atoms with Gasteiger partial charge in [-0.25, -0.2) is 9.18 Å². The summed E-state index contributed by atoms with van der Waals surface area (Å²) in [6, 6.07) is 11.1. The van der Waals surface area contributed by atoms with Crippen molar-refractivity contribution >= 4 is 40.9 Å². The van der Waals surface area contributed by atoms with E-state index in [9.17, 15) is 14.0 Å². The maximum absolute atomic E-state index is 13.6. The summed E-state index contributed by atoms with van der Waals surface area (Å²) >= 11 is 6.83. The molecule has 0 bridgehead atoms. The second-order valence-corrected chi connectivity index (χ2v) is 10.9. The number of amides is 2. The molecule has 2 N–H and O–H groups in total. The molecule has 2 amide bonds. The molecule has 8 nitrogen and oxygen atoms in total. The van der Waals surface area contributed by atoms with Gasteiger partial charge in [-0.05, 0) is 76.4 Å². The van der Waals surface area contributed by atoms with Crippen molar-refractivity contribution < 1.29 is 23.5 Å². The standard InChI is InChI=1S/C27H32ClFN4O4/c1-26(2,3)37-25(35)31-24-32-27(4,15-22(34)33(24)19-7-6-14-36-16-19)20-8-5-9-21(23(20)28)30-18-12-10-17(29)11-13-18/h5,8-13,19,30H,6-7,14-16H2,1-4H3,(H,31,32,35)/t19-,27+/m1/s1. The molecule has 2 atom stereocenters. The number of hydrogen-bond donors (Lipinski definition) is 2. The first-order valence-electron chi connectivity index (χ1n) is 12.3. The average Bonchev–Trinajstić information content (AvgIpc) is 2.81. The van der Waals surface area contributed by atoms with Crippen LogP contribution in [-0.2, 0) is 19.8 Å². The minimum Gasteiger partial charge on any atom is -0.442 e. The predicted octanol–water partition coefficient (Wildman–Crippen LogP) is 5.73. The zero-order chi connectivity index (χ0) is 26.8. The van der Waals surface area contributed by atoms with Gasteiger partial charge in [-0.3, -0.25) is 9.69 Å². The Kier molecular flexibility index (Phi) is 7.75. The number of carbonyl (C=O) groups is 2. The van der Waals surface area contributed by atoms with Crippen molar-refractivity contribution in [3.8, 4) is 0 Å². The number of nitrogens with one attached hydrogen (secondary N) is 2. The Hall–Kier alpha value is -3.17. The second-order valence-electron chi connectivity index (χ2n) is 10.5. The lowest BCUT2D eigenvalue weighted by Gasteiger charge is -2.45. The van der Waals surface area contributed by atoms with Crippen LogP contribution >= 0.6 is 11.6 Å². The highest BCUT2D eigenvalue weighted by Gasteiger charge is 2.44. The van der Waals surface area contributed by atoms with E-state index in [4.69, 9.17) is 21.1 Å². The average molecular weight is 531 g/mol. The summed E-state index contributed by atoms with van der Waals surface area (Å²) in [5.74, 6) is -0.434. The van der Waals surface area contributed by atoms with Crippen molar-refractivity contribution in [3.63, 3.8) is 0 Å². The second kappa shape index (κ2) is 10.7. The van der Waals surface area contributed by atoms with Crippen LogP contribution in [0.1, 0.15) is 52.5 Å². The third-order valence-electron chi connectivity index (χ3n) is 6.20. The minimum absolute atomic E-state index is 0.0799. The first-order valence-corrected chi connectivity index (χ1v) is 12.6. The zero-order valence-electron chi connectivity index (χ0n) is 21.4. The monoisotopic (exact) mass is 530 g/mol. The maximum Gasteiger partial charge on any atom is 0.437 e. The number of carbonyl (C=O) groups excluding carboxylic acids is 2. The Labute approximate surface area is 221 Å². The fourth-order valence-corrected chi connectivity index (χ4v) is 4.90. The quantitative estimate of drug-likeness (QED) is 0.524. The number of benzene rings is 2. The molecule has 2 heterocycles. The van der Waals surface area contributed by atoms with Gasteiger partial charge in [0.05, 0.1) is 35.3 Å². The third kappa shape index (κ3) is 6.40. The summed E-state index contributed by atoms with van der Waals surface area (Å²) < 4.78 is 24.3. The number of hydrogen-bond acceptors (Lipinski definition) is 5. The Morgan fingerprint density at radius 1 is 1.27 bits per heavy atom. The summed E-state index contributed by atoms with van der Waals surface area (Å²) in [7, 11) is 0. The summed E-state index contributed by atoms with van der Waals surface area (Å²) in [5.41, 5.74) is 0.183. The molecule has 0 radical (unpaired) electrons. The lowest BCUT2D eigenvalue weighted by atomic mass is 9.85. The smallest absolute Gasteiger partial charge is 0.437 e. The van der Waals surface area contributed by atoms with Crippen molar-refractivity contribution in [2.24, 2.45) is 4.99 Å². The molecule has 4 rings (SSSR count). The van der Waals surface area contributed by atoms with Crippen LogP contribution in [0.3, 0.4) is 0 Å². The summed E-state index contributed by atoms with van der Waals surface area (Å²) in [4.78, 5) is 31.9. The molecule has 37 heavy (non-hydrogen) atoms. The van der Waals surface area contributed by atoms with Crippen molar-refractivity contribution in [2.45, 2.75) is 64.1 Å². The van der Waals surface area contributed by atoms with Crippen LogP contribution in [-0.4, -0.2) is 47.7 Å².